The van der Waals surface area contributed by atoms with Crippen LogP contribution < -0.4 is 5.32 Å². The minimum Gasteiger partial charge on any atom is -0.463 e. The highest BCUT2D eigenvalue weighted by Gasteiger charge is 2.37. The van der Waals surface area contributed by atoms with E-state index in [0.717, 1.165) is 25.1 Å². The standard InChI is InChI=1S/C27H40N4O4/c1-7-35-26(33)23-22(17-30-13-8-14-31(16-15-30)25(32)19(4)5)29(6)27(34)28-24(23)21-11-9-20(10-12-21)18(2)3/h9-12,18-19,24H,7-8,13-17H2,1-6H3,(H,28,34). The van der Waals surface area contributed by atoms with E-state index in [1.165, 1.54) is 10.5 Å². The topological polar surface area (TPSA) is 82.2 Å². The lowest BCUT2D eigenvalue weighted by atomic mass is 9.92. The summed E-state index contributed by atoms with van der Waals surface area (Å²) in [5, 5.41) is 2.99. The van der Waals surface area contributed by atoms with Gasteiger partial charge in [-0.15, -0.1) is 0 Å². The van der Waals surface area contributed by atoms with Crippen LogP contribution in [0.5, 0.6) is 0 Å². The number of carbonyl (C=O) groups is 3. The van der Waals surface area contributed by atoms with Crippen LogP contribution in [0.25, 0.3) is 0 Å². The van der Waals surface area contributed by atoms with E-state index in [4.69, 9.17) is 4.74 Å². The van der Waals surface area contributed by atoms with Gasteiger partial charge in [-0.3, -0.25) is 14.6 Å². The van der Waals surface area contributed by atoms with Gasteiger partial charge in [0.15, 0.2) is 0 Å². The van der Waals surface area contributed by atoms with Gasteiger partial charge < -0.3 is 15.0 Å². The average molecular weight is 485 g/mol. The van der Waals surface area contributed by atoms with Crippen LogP contribution in [0.1, 0.15) is 64.1 Å². The van der Waals surface area contributed by atoms with E-state index < -0.39 is 12.0 Å². The molecule has 2 aliphatic heterocycles. The maximum absolute atomic E-state index is 13.2. The summed E-state index contributed by atoms with van der Waals surface area (Å²) in [5.74, 6) is 0.101. The maximum Gasteiger partial charge on any atom is 0.338 e. The molecule has 0 radical (unpaired) electrons. The fourth-order valence-corrected chi connectivity index (χ4v) is 4.65. The summed E-state index contributed by atoms with van der Waals surface area (Å²) in [7, 11) is 1.69. The van der Waals surface area contributed by atoms with Crippen molar-refractivity contribution in [1.82, 2.24) is 20.0 Å². The Morgan fingerprint density at radius 3 is 2.34 bits per heavy atom. The van der Waals surface area contributed by atoms with Crippen molar-refractivity contribution in [2.24, 2.45) is 5.92 Å². The number of hydrogen-bond acceptors (Lipinski definition) is 5. The molecule has 3 amide bonds. The number of nitrogens with one attached hydrogen (secondary N) is 1. The van der Waals surface area contributed by atoms with Gasteiger partial charge in [0.05, 0.1) is 18.2 Å². The molecule has 1 N–H and O–H groups in total. The predicted octanol–water partition coefficient (Wildman–Crippen LogP) is 3.51. The van der Waals surface area contributed by atoms with Crippen LogP contribution in [-0.2, 0) is 14.3 Å². The Balaban J connectivity index is 1.93. The highest BCUT2D eigenvalue weighted by atomic mass is 16.5. The van der Waals surface area contributed by atoms with Crippen molar-refractivity contribution in [3.8, 4) is 0 Å². The highest BCUT2D eigenvalue weighted by molar-refractivity contribution is 5.95. The Bertz CT molecular complexity index is 954. The first-order valence-corrected chi connectivity index (χ1v) is 12.7. The molecule has 1 aromatic carbocycles. The molecule has 8 heteroatoms. The fourth-order valence-electron chi connectivity index (χ4n) is 4.65. The van der Waals surface area contributed by atoms with Crippen molar-refractivity contribution >= 4 is 17.9 Å². The first-order valence-electron chi connectivity index (χ1n) is 12.7. The van der Waals surface area contributed by atoms with E-state index in [9.17, 15) is 14.4 Å². The number of hydrogen-bond donors (Lipinski definition) is 1. The lowest BCUT2D eigenvalue weighted by molar-refractivity contribution is -0.139. The van der Waals surface area contributed by atoms with Gasteiger partial charge in [0.25, 0.3) is 0 Å². The summed E-state index contributed by atoms with van der Waals surface area (Å²) >= 11 is 0. The van der Waals surface area contributed by atoms with Crippen molar-refractivity contribution in [3.63, 3.8) is 0 Å². The number of likely N-dealkylation sites (N-methyl/N-ethyl adjacent to an activating group) is 1. The normalized spacial score (nSPS) is 19.8. The van der Waals surface area contributed by atoms with Crippen LogP contribution >= 0.6 is 0 Å². The summed E-state index contributed by atoms with van der Waals surface area (Å²) in [6.45, 7) is 13.4. The largest absolute Gasteiger partial charge is 0.463 e. The lowest BCUT2D eigenvalue weighted by Crippen LogP contribution is -2.49. The van der Waals surface area contributed by atoms with Crippen molar-refractivity contribution in [3.05, 3.63) is 46.7 Å². The number of carbonyl (C=O) groups excluding carboxylic acids is 3. The summed E-state index contributed by atoms with van der Waals surface area (Å²) in [4.78, 5) is 44.3. The quantitative estimate of drug-likeness (QED) is 0.599. The zero-order chi connectivity index (χ0) is 25.7. The number of nitrogens with zero attached hydrogens (tertiary/aromatic N) is 3. The number of rotatable bonds is 7. The van der Waals surface area contributed by atoms with Crippen LogP contribution in [0.3, 0.4) is 0 Å². The van der Waals surface area contributed by atoms with Gasteiger partial charge in [0.2, 0.25) is 5.91 Å². The van der Waals surface area contributed by atoms with Gasteiger partial charge in [-0.2, -0.15) is 0 Å². The monoisotopic (exact) mass is 484 g/mol. The first-order chi connectivity index (χ1) is 16.6. The fraction of sp³-hybridized carbons (Fsp3) is 0.593. The van der Waals surface area contributed by atoms with Crippen molar-refractivity contribution in [1.29, 1.82) is 0 Å². The van der Waals surface area contributed by atoms with Gasteiger partial charge in [0.1, 0.15) is 0 Å². The minimum absolute atomic E-state index is 0.0318. The number of amides is 3. The van der Waals surface area contributed by atoms with E-state index in [-0.39, 0.29) is 24.5 Å². The molecule has 2 aliphatic rings. The summed E-state index contributed by atoms with van der Waals surface area (Å²) in [6.07, 6.45) is 0.844. The molecule has 2 heterocycles. The molecule has 1 unspecified atom stereocenters. The molecule has 1 fully saturated rings. The van der Waals surface area contributed by atoms with Gasteiger partial charge in [-0.05, 0) is 30.4 Å². The van der Waals surface area contributed by atoms with Crippen molar-refractivity contribution in [2.45, 2.75) is 53.0 Å². The molecular weight excluding hydrogens is 444 g/mol. The van der Waals surface area contributed by atoms with Crippen molar-refractivity contribution in [2.75, 3.05) is 46.4 Å². The molecule has 0 aliphatic carbocycles. The molecule has 8 nitrogen and oxygen atoms in total. The summed E-state index contributed by atoms with van der Waals surface area (Å²) < 4.78 is 5.45. The molecule has 35 heavy (non-hydrogen) atoms. The zero-order valence-corrected chi connectivity index (χ0v) is 22.0. The predicted molar refractivity (Wildman–Crippen MR) is 136 cm³/mol. The highest BCUT2D eigenvalue weighted by Crippen LogP contribution is 2.32. The molecule has 1 atom stereocenters. The van der Waals surface area contributed by atoms with E-state index in [1.807, 2.05) is 43.0 Å². The molecule has 0 saturated carbocycles. The average Bonchev–Trinajstić information content (AvgIpc) is 3.07. The van der Waals surface area contributed by atoms with E-state index in [0.29, 0.717) is 36.8 Å². The molecule has 0 bridgehead atoms. The number of ether oxygens (including phenoxy) is 1. The first kappa shape index (κ1) is 26.7. The van der Waals surface area contributed by atoms with Crippen LogP contribution in [-0.4, -0.2) is 79.0 Å². The second kappa shape index (κ2) is 11.7. The number of esters is 1. The third-order valence-electron chi connectivity index (χ3n) is 6.78. The Morgan fingerprint density at radius 1 is 1.06 bits per heavy atom. The Kier molecular flexibility index (Phi) is 8.94. The van der Waals surface area contributed by atoms with Gasteiger partial charge in [0, 0.05) is 51.4 Å². The molecular formula is C27H40N4O4. The lowest BCUT2D eigenvalue weighted by Gasteiger charge is -2.36. The Labute approximate surface area is 209 Å². The maximum atomic E-state index is 13.2. The minimum atomic E-state index is -0.583. The molecule has 192 valence electrons. The Hall–Kier alpha value is -2.87. The number of urea groups is 1. The van der Waals surface area contributed by atoms with Crippen LogP contribution in [0.15, 0.2) is 35.5 Å². The van der Waals surface area contributed by atoms with Gasteiger partial charge >= 0.3 is 12.0 Å². The van der Waals surface area contributed by atoms with E-state index in [1.54, 1.807) is 14.0 Å². The zero-order valence-electron chi connectivity index (χ0n) is 22.0. The second-order valence-corrected chi connectivity index (χ2v) is 9.95. The number of benzene rings is 1. The van der Waals surface area contributed by atoms with Gasteiger partial charge in [-0.25, -0.2) is 9.59 Å². The third-order valence-corrected chi connectivity index (χ3v) is 6.78. The molecule has 1 aromatic rings. The molecule has 0 aromatic heterocycles. The summed E-state index contributed by atoms with van der Waals surface area (Å²) in [6, 6.07) is 7.20. The van der Waals surface area contributed by atoms with E-state index >= 15 is 0 Å². The van der Waals surface area contributed by atoms with Crippen molar-refractivity contribution < 1.29 is 19.1 Å². The smallest absolute Gasteiger partial charge is 0.338 e. The van der Waals surface area contributed by atoms with Crippen LogP contribution in [0, 0.1) is 5.92 Å². The SMILES string of the molecule is CCOC(=O)C1=C(CN2CCCN(C(=O)C(C)C)CC2)N(C)C(=O)NC1c1ccc(C(C)C)cc1. The molecule has 3 rings (SSSR count). The molecule has 1 saturated heterocycles. The van der Waals surface area contributed by atoms with Gasteiger partial charge in [-0.1, -0.05) is 52.0 Å². The summed E-state index contributed by atoms with van der Waals surface area (Å²) in [5.41, 5.74) is 3.15. The third kappa shape index (κ3) is 6.23. The van der Waals surface area contributed by atoms with E-state index in [2.05, 4.69) is 24.1 Å². The molecule has 0 spiro atoms. The second-order valence-electron chi connectivity index (χ2n) is 9.95. The Morgan fingerprint density at radius 2 is 1.74 bits per heavy atom. The van der Waals surface area contributed by atoms with Crippen LogP contribution in [0.2, 0.25) is 0 Å². The van der Waals surface area contributed by atoms with Crippen LogP contribution in [0.4, 0.5) is 4.79 Å².